The van der Waals surface area contributed by atoms with Crippen molar-refractivity contribution >= 4 is 11.0 Å². The van der Waals surface area contributed by atoms with Crippen molar-refractivity contribution in [3.63, 3.8) is 0 Å². The van der Waals surface area contributed by atoms with Crippen LogP contribution in [0.25, 0.3) is 22.2 Å². The Hall–Kier alpha value is -2.60. The first kappa shape index (κ1) is 9.61. The number of hydrogen-bond donors (Lipinski definition) is 0. The van der Waals surface area contributed by atoms with Gasteiger partial charge in [-0.2, -0.15) is 5.26 Å². The second-order valence-corrected chi connectivity index (χ2v) is 3.68. The molecular weight excluding hydrogens is 212 g/mol. The molecule has 0 aliphatic rings. The standard InChI is InChI=1S/C14H8N2O/c15-9-10-1-3-11(4-2-10)14-12-6-8-17-13(12)5-7-16-14/h1-8H. The third-order valence-corrected chi connectivity index (χ3v) is 2.67. The molecule has 0 spiro atoms. The van der Waals surface area contributed by atoms with Gasteiger partial charge in [-0.15, -0.1) is 0 Å². The lowest BCUT2D eigenvalue weighted by molar-refractivity contribution is 0.615. The number of fused-ring (bicyclic) bond motifs is 1. The average Bonchev–Trinajstić information content (AvgIpc) is 2.87. The minimum atomic E-state index is 0.646. The van der Waals surface area contributed by atoms with E-state index in [-0.39, 0.29) is 0 Å². The Bertz CT molecular complexity index is 705. The van der Waals surface area contributed by atoms with E-state index in [9.17, 15) is 0 Å². The molecule has 0 radical (unpaired) electrons. The number of furan rings is 1. The van der Waals surface area contributed by atoms with Crippen molar-refractivity contribution in [3.8, 4) is 17.3 Å². The molecular formula is C14H8N2O. The highest BCUT2D eigenvalue weighted by Gasteiger charge is 2.06. The first-order chi connectivity index (χ1) is 8.38. The van der Waals surface area contributed by atoms with Crippen LogP contribution in [0.15, 0.2) is 53.3 Å². The Morgan fingerprint density at radius 3 is 2.65 bits per heavy atom. The summed E-state index contributed by atoms with van der Waals surface area (Å²) in [5.74, 6) is 0. The molecule has 0 bridgehead atoms. The SMILES string of the molecule is N#Cc1ccc(-c2nccc3occc23)cc1. The largest absolute Gasteiger partial charge is 0.464 e. The minimum absolute atomic E-state index is 0.646. The van der Waals surface area contributed by atoms with Gasteiger partial charge >= 0.3 is 0 Å². The number of rotatable bonds is 1. The Labute approximate surface area is 97.9 Å². The van der Waals surface area contributed by atoms with Gasteiger partial charge < -0.3 is 4.42 Å². The van der Waals surface area contributed by atoms with Gasteiger partial charge in [-0.1, -0.05) is 12.1 Å². The van der Waals surface area contributed by atoms with E-state index in [4.69, 9.17) is 9.68 Å². The smallest absolute Gasteiger partial charge is 0.137 e. The summed E-state index contributed by atoms with van der Waals surface area (Å²) in [4.78, 5) is 4.36. The molecule has 17 heavy (non-hydrogen) atoms. The normalized spacial score (nSPS) is 10.3. The summed E-state index contributed by atoms with van der Waals surface area (Å²) in [5, 5.41) is 9.74. The second-order valence-electron chi connectivity index (χ2n) is 3.68. The van der Waals surface area contributed by atoms with E-state index < -0.39 is 0 Å². The van der Waals surface area contributed by atoms with Crippen molar-refractivity contribution in [1.82, 2.24) is 4.98 Å². The maximum Gasteiger partial charge on any atom is 0.137 e. The van der Waals surface area contributed by atoms with Gasteiger partial charge in [0.2, 0.25) is 0 Å². The van der Waals surface area contributed by atoms with Crippen molar-refractivity contribution in [3.05, 3.63) is 54.4 Å². The monoisotopic (exact) mass is 220 g/mol. The molecule has 3 nitrogen and oxygen atoms in total. The maximum absolute atomic E-state index is 8.76. The van der Waals surface area contributed by atoms with E-state index >= 15 is 0 Å². The molecule has 3 aromatic rings. The average molecular weight is 220 g/mol. The second kappa shape index (κ2) is 3.76. The van der Waals surface area contributed by atoms with Crippen LogP contribution < -0.4 is 0 Å². The zero-order valence-corrected chi connectivity index (χ0v) is 8.92. The molecule has 2 heterocycles. The van der Waals surface area contributed by atoms with Crippen LogP contribution in [0.3, 0.4) is 0 Å². The van der Waals surface area contributed by atoms with Crippen LogP contribution in [0.1, 0.15) is 5.56 Å². The third-order valence-electron chi connectivity index (χ3n) is 2.67. The summed E-state index contributed by atoms with van der Waals surface area (Å²) in [6.07, 6.45) is 3.37. The molecule has 3 rings (SSSR count). The highest BCUT2D eigenvalue weighted by atomic mass is 16.3. The molecule has 0 amide bonds. The van der Waals surface area contributed by atoms with Gasteiger partial charge in [0.05, 0.1) is 23.6 Å². The highest BCUT2D eigenvalue weighted by Crippen LogP contribution is 2.27. The van der Waals surface area contributed by atoms with E-state index in [1.54, 1.807) is 24.6 Å². The highest BCUT2D eigenvalue weighted by molar-refractivity contribution is 5.91. The summed E-state index contributed by atoms with van der Waals surface area (Å²) in [5.41, 5.74) is 3.32. The zero-order chi connectivity index (χ0) is 11.7. The fraction of sp³-hybridized carbons (Fsp3) is 0. The Morgan fingerprint density at radius 1 is 1.06 bits per heavy atom. The molecule has 0 aliphatic heterocycles. The van der Waals surface area contributed by atoms with E-state index in [0.29, 0.717) is 5.56 Å². The molecule has 0 unspecified atom stereocenters. The fourth-order valence-corrected chi connectivity index (χ4v) is 1.83. The number of pyridine rings is 1. The van der Waals surface area contributed by atoms with Gasteiger partial charge in [-0.05, 0) is 24.3 Å². The molecule has 0 N–H and O–H groups in total. The van der Waals surface area contributed by atoms with Crippen molar-refractivity contribution in [2.24, 2.45) is 0 Å². The van der Waals surface area contributed by atoms with Crippen LogP contribution in [0.5, 0.6) is 0 Å². The zero-order valence-electron chi connectivity index (χ0n) is 8.92. The Morgan fingerprint density at radius 2 is 1.88 bits per heavy atom. The summed E-state index contributed by atoms with van der Waals surface area (Å²) >= 11 is 0. The summed E-state index contributed by atoms with van der Waals surface area (Å²) < 4.78 is 5.33. The van der Waals surface area contributed by atoms with Crippen LogP contribution in [0.2, 0.25) is 0 Å². The van der Waals surface area contributed by atoms with Crippen LogP contribution in [-0.4, -0.2) is 4.98 Å². The minimum Gasteiger partial charge on any atom is -0.464 e. The van der Waals surface area contributed by atoms with E-state index in [1.165, 1.54) is 0 Å². The lowest BCUT2D eigenvalue weighted by Crippen LogP contribution is -1.84. The van der Waals surface area contributed by atoms with Crippen LogP contribution in [0.4, 0.5) is 0 Å². The quantitative estimate of drug-likeness (QED) is 0.631. The van der Waals surface area contributed by atoms with E-state index in [2.05, 4.69) is 11.1 Å². The van der Waals surface area contributed by atoms with Crippen molar-refractivity contribution in [2.45, 2.75) is 0 Å². The summed E-state index contributed by atoms with van der Waals surface area (Å²) in [7, 11) is 0. The maximum atomic E-state index is 8.76. The van der Waals surface area contributed by atoms with Gasteiger partial charge in [0.1, 0.15) is 5.58 Å². The lowest BCUT2D eigenvalue weighted by Gasteiger charge is -2.01. The Kier molecular flexibility index (Phi) is 2.13. The molecule has 0 saturated heterocycles. The summed E-state index contributed by atoms with van der Waals surface area (Å²) in [6.45, 7) is 0. The molecule has 0 fully saturated rings. The van der Waals surface area contributed by atoms with Gasteiger partial charge in [-0.25, -0.2) is 0 Å². The topological polar surface area (TPSA) is 49.8 Å². The van der Waals surface area contributed by atoms with Crippen molar-refractivity contribution in [1.29, 1.82) is 5.26 Å². The number of hydrogen-bond acceptors (Lipinski definition) is 3. The first-order valence-corrected chi connectivity index (χ1v) is 5.21. The first-order valence-electron chi connectivity index (χ1n) is 5.21. The third kappa shape index (κ3) is 1.56. The van der Waals surface area contributed by atoms with Gasteiger partial charge in [0.15, 0.2) is 0 Å². The molecule has 0 saturated carbocycles. The molecule has 3 heteroatoms. The molecule has 2 aromatic heterocycles. The number of benzene rings is 1. The fourth-order valence-electron chi connectivity index (χ4n) is 1.83. The predicted molar refractivity (Wildman–Crippen MR) is 64.2 cm³/mol. The van der Waals surface area contributed by atoms with Crippen LogP contribution >= 0.6 is 0 Å². The molecule has 0 atom stereocenters. The van der Waals surface area contributed by atoms with E-state index in [1.807, 2.05) is 24.3 Å². The molecule has 0 aliphatic carbocycles. The van der Waals surface area contributed by atoms with Gasteiger partial charge in [-0.3, -0.25) is 4.98 Å². The van der Waals surface area contributed by atoms with Crippen LogP contribution in [-0.2, 0) is 0 Å². The summed E-state index contributed by atoms with van der Waals surface area (Å²) in [6, 6.07) is 13.2. The van der Waals surface area contributed by atoms with E-state index in [0.717, 1.165) is 22.2 Å². The Balaban J connectivity index is 2.20. The number of aromatic nitrogens is 1. The molecule has 1 aromatic carbocycles. The van der Waals surface area contributed by atoms with Gasteiger partial charge in [0.25, 0.3) is 0 Å². The van der Waals surface area contributed by atoms with Crippen LogP contribution in [0, 0.1) is 11.3 Å². The predicted octanol–water partition coefficient (Wildman–Crippen LogP) is 3.37. The van der Waals surface area contributed by atoms with Crippen molar-refractivity contribution in [2.75, 3.05) is 0 Å². The van der Waals surface area contributed by atoms with Crippen molar-refractivity contribution < 1.29 is 4.42 Å². The number of nitrogens with zero attached hydrogens (tertiary/aromatic N) is 2. The lowest BCUT2D eigenvalue weighted by atomic mass is 10.1. The molecule has 80 valence electrons. The van der Waals surface area contributed by atoms with Gasteiger partial charge in [0, 0.05) is 17.1 Å². The number of nitriles is 1.